The first-order valence-corrected chi connectivity index (χ1v) is 14.2. The molecule has 1 fully saturated rings. The van der Waals surface area contributed by atoms with Gasteiger partial charge in [-0.3, -0.25) is 23.2 Å². The van der Waals surface area contributed by atoms with Gasteiger partial charge in [-0.2, -0.15) is 9.97 Å². The summed E-state index contributed by atoms with van der Waals surface area (Å²) in [5, 5.41) is 0. The van der Waals surface area contributed by atoms with Crippen LogP contribution in [-0.4, -0.2) is 71.1 Å². The van der Waals surface area contributed by atoms with Gasteiger partial charge in [0.2, 0.25) is 19.5 Å². The quantitative estimate of drug-likeness (QED) is 0.224. The van der Waals surface area contributed by atoms with E-state index in [-0.39, 0.29) is 5.95 Å². The lowest BCUT2D eigenvalue weighted by molar-refractivity contribution is -0.162. The number of nitrogen functional groups attached to an aromatic ring is 1. The summed E-state index contributed by atoms with van der Waals surface area (Å²) < 4.78 is 42.3. The largest absolute Gasteiger partial charge is 0.438 e. The molecule has 218 valence electrons. The van der Waals surface area contributed by atoms with E-state index in [0.717, 1.165) is 0 Å². The zero-order chi connectivity index (χ0) is 29.2. The molecular weight excluding hydrogens is 531 g/mol. The Balaban J connectivity index is 1.70. The molecule has 3 rings (SSSR count). The lowest BCUT2D eigenvalue weighted by atomic mass is 9.98. The van der Waals surface area contributed by atoms with E-state index in [2.05, 4.69) is 15.0 Å². The second-order valence-corrected chi connectivity index (χ2v) is 13.8. The van der Waals surface area contributed by atoms with Gasteiger partial charge in [0.15, 0.2) is 17.0 Å². The van der Waals surface area contributed by atoms with Crippen molar-refractivity contribution in [1.29, 1.82) is 0 Å². The number of aromatic nitrogens is 4. The number of hydrogen-bond acceptors (Lipinski definition) is 13. The van der Waals surface area contributed by atoms with Gasteiger partial charge in [0.05, 0.1) is 29.3 Å². The summed E-state index contributed by atoms with van der Waals surface area (Å²) in [6, 6.07) is 0. The second-order valence-electron chi connectivity index (χ2n) is 11.8. The van der Waals surface area contributed by atoms with Gasteiger partial charge in [0.1, 0.15) is 6.35 Å². The van der Waals surface area contributed by atoms with Gasteiger partial charge >= 0.3 is 19.5 Å². The number of imidazole rings is 1. The average molecular weight is 571 g/mol. The number of ether oxygens (including phenoxy) is 3. The number of nitrogens with zero attached hydrogens (tertiary/aromatic N) is 5. The maximum absolute atomic E-state index is 13.5. The van der Waals surface area contributed by atoms with Crippen LogP contribution in [0.15, 0.2) is 6.33 Å². The van der Waals surface area contributed by atoms with Crippen LogP contribution in [-0.2, 0) is 44.0 Å². The molecule has 1 saturated carbocycles. The Hall–Kier alpha value is -2.80. The topological polar surface area (TPSA) is 170 Å². The van der Waals surface area contributed by atoms with Crippen molar-refractivity contribution < 1.29 is 37.4 Å². The predicted octanol–water partition coefficient (Wildman–Crippen LogP) is 3.30. The number of carbonyl (C=O) groups excluding carboxylic acids is 2. The highest BCUT2D eigenvalue weighted by Crippen LogP contribution is 2.52. The molecule has 0 bridgehead atoms. The van der Waals surface area contributed by atoms with Gasteiger partial charge in [0.25, 0.3) is 0 Å². The Morgan fingerprint density at radius 1 is 1.03 bits per heavy atom. The van der Waals surface area contributed by atoms with E-state index < -0.39 is 55.9 Å². The SMILES string of the molecule is CN(C)c1nc(N)nc2c1ncn2CC1(OCP(=O)(OCOC(=O)C(C)(C)C)OCOC(=O)C(C)(C)C)CC1. The van der Waals surface area contributed by atoms with Crippen LogP contribution in [0.3, 0.4) is 0 Å². The Morgan fingerprint density at radius 2 is 1.56 bits per heavy atom. The second kappa shape index (κ2) is 11.4. The van der Waals surface area contributed by atoms with Gasteiger partial charge in [-0.25, -0.2) is 4.98 Å². The molecule has 2 aromatic rings. The Kier molecular flexibility index (Phi) is 8.95. The van der Waals surface area contributed by atoms with Crippen LogP contribution >= 0.6 is 7.60 Å². The van der Waals surface area contributed by atoms with Crippen molar-refractivity contribution in [1.82, 2.24) is 19.5 Å². The third-order valence-corrected chi connectivity index (χ3v) is 7.23. The van der Waals surface area contributed by atoms with Crippen molar-refractivity contribution >= 4 is 42.5 Å². The minimum Gasteiger partial charge on any atom is -0.438 e. The van der Waals surface area contributed by atoms with E-state index in [0.29, 0.717) is 36.4 Å². The van der Waals surface area contributed by atoms with Crippen LogP contribution in [0.4, 0.5) is 11.8 Å². The summed E-state index contributed by atoms with van der Waals surface area (Å²) in [6.07, 6.45) is 2.51. The van der Waals surface area contributed by atoms with Crippen molar-refractivity contribution in [2.45, 2.75) is 66.5 Å². The van der Waals surface area contributed by atoms with E-state index in [1.807, 2.05) is 14.1 Å². The molecule has 0 atom stereocenters. The van der Waals surface area contributed by atoms with Crippen molar-refractivity contribution in [2.75, 3.05) is 44.7 Å². The van der Waals surface area contributed by atoms with Crippen LogP contribution in [0.2, 0.25) is 0 Å². The molecule has 0 spiro atoms. The van der Waals surface area contributed by atoms with Gasteiger partial charge < -0.3 is 29.4 Å². The van der Waals surface area contributed by atoms with Crippen LogP contribution in [0.1, 0.15) is 54.4 Å². The molecular formula is C24H39N6O8P. The Labute approximate surface area is 228 Å². The lowest BCUT2D eigenvalue weighted by Gasteiger charge is -2.24. The maximum Gasteiger partial charge on any atom is 0.361 e. The number of hydrogen-bond donors (Lipinski definition) is 1. The molecule has 0 aromatic carbocycles. The molecule has 0 unspecified atom stereocenters. The molecule has 39 heavy (non-hydrogen) atoms. The fourth-order valence-electron chi connectivity index (χ4n) is 3.25. The van der Waals surface area contributed by atoms with Gasteiger partial charge in [-0.05, 0) is 54.4 Å². The monoisotopic (exact) mass is 570 g/mol. The highest BCUT2D eigenvalue weighted by atomic mass is 31.2. The number of fused-ring (bicyclic) bond motifs is 1. The lowest BCUT2D eigenvalue weighted by Crippen LogP contribution is -2.26. The zero-order valence-electron chi connectivity index (χ0n) is 23.8. The Morgan fingerprint density at radius 3 is 2.03 bits per heavy atom. The summed E-state index contributed by atoms with van der Waals surface area (Å²) in [7, 11) is -0.345. The molecule has 1 aliphatic carbocycles. The number of anilines is 2. The van der Waals surface area contributed by atoms with Crippen molar-refractivity contribution in [2.24, 2.45) is 10.8 Å². The zero-order valence-corrected chi connectivity index (χ0v) is 24.7. The highest BCUT2D eigenvalue weighted by molar-refractivity contribution is 7.53. The fourth-order valence-corrected chi connectivity index (χ4v) is 4.33. The average Bonchev–Trinajstić information content (AvgIpc) is 3.48. The number of carbonyl (C=O) groups is 2. The van der Waals surface area contributed by atoms with Crippen molar-refractivity contribution in [3.63, 3.8) is 0 Å². The van der Waals surface area contributed by atoms with E-state index in [4.69, 9.17) is 29.0 Å². The number of esters is 2. The first-order valence-electron chi connectivity index (χ1n) is 12.5. The normalized spacial score (nSPS) is 15.3. The van der Waals surface area contributed by atoms with E-state index in [1.54, 1.807) is 57.3 Å². The van der Waals surface area contributed by atoms with Crippen molar-refractivity contribution in [3.05, 3.63) is 6.33 Å². The molecule has 0 aliphatic heterocycles. The van der Waals surface area contributed by atoms with Gasteiger partial charge in [-0.15, -0.1) is 0 Å². The fraction of sp³-hybridized carbons (Fsp3) is 0.708. The van der Waals surface area contributed by atoms with Gasteiger partial charge in [-0.1, -0.05) is 0 Å². The third kappa shape index (κ3) is 8.10. The van der Waals surface area contributed by atoms with Gasteiger partial charge in [0, 0.05) is 14.1 Å². The van der Waals surface area contributed by atoms with Crippen LogP contribution < -0.4 is 10.6 Å². The summed E-state index contributed by atoms with van der Waals surface area (Å²) in [4.78, 5) is 39.0. The standard InChI is InChI=1S/C24H39N6O8P/c1-22(2,3)19(31)34-13-37-39(33,38-14-35-20(32)23(4,5)6)15-36-24(9-10-24)11-30-12-26-16-17(29(7)8)27-21(25)28-18(16)30/h12H,9-11,13-15H2,1-8H3,(H2,25,27,28). The minimum absolute atomic E-state index is 0.111. The Bertz CT molecular complexity index is 1210. The minimum atomic E-state index is -4.01. The summed E-state index contributed by atoms with van der Waals surface area (Å²) >= 11 is 0. The number of nitrogens with two attached hydrogens (primary N) is 1. The first-order chi connectivity index (χ1) is 17.9. The molecule has 0 saturated heterocycles. The smallest absolute Gasteiger partial charge is 0.361 e. The van der Waals surface area contributed by atoms with Crippen LogP contribution in [0, 0.1) is 10.8 Å². The molecule has 2 aromatic heterocycles. The first kappa shape index (κ1) is 30.7. The summed E-state index contributed by atoms with van der Waals surface area (Å²) in [5.41, 5.74) is 4.80. The summed E-state index contributed by atoms with van der Waals surface area (Å²) in [5.74, 6) is -0.390. The van der Waals surface area contributed by atoms with E-state index in [1.165, 1.54) is 0 Å². The summed E-state index contributed by atoms with van der Waals surface area (Å²) in [6.45, 7) is 9.18. The molecule has 0 radical (unpaired) electrons. The maximum atomic E-state index is 13.5. The molecule has 1 aliphatic rings. The van der Waals surface area contributed by atoms with E-state index >= 15 is 0 Å². The van der Waals surface area contributed by atoms with E-state index in [9.17, 15) is 14.2 Å². The highest BCUT2D eigenvalue weighted by Gasteiger charge is 2.47. The molecule has 2 heterocycles. The predicted molar refractivity (Wildman–Crippen MR) is 143 cm³/mol. The molecule has 14 nitrogen and oxygen atoms in total. The third-order valence-electron chi connectivity index (χ3n) is 5.79. The molecule has 2 N–H and O–H groups in total. The number of rotatable bonds is 12. The van der Waals surface area contributed by atoms with Crippen molar-refractivity contribution in [3.8, 4) is 0 Å². The molecule has 0 amide bonds. The van der Waals surface area contributed by atoms with Crippen LogP contribution in [0.5, 0.6) is 0 Å². The molecule has 15 heteroatoms. The van der Waals surface area contributed by atoms with Crippen LogP contribution in [0.25, 0.3) is 11.2 Å².